The Kier molecular flexibility index (Phi) is 6.70. The number of nitrogens with one attached hydrogen (secondary N) is 1. The van der Waals surface area contributed by atoms with Gasteiger partial charge in [0, 0.05) is 11.1 Å². The Morgan fingerprint density at radius 3 is 2.95 bits per heavy atom. The lowest BCUT2D eigenvalue weighted by molar-refractivity contribution is 0.413. The number of nitrogens with zero attached hydrogens (tertiary/aromatic N) is 1. The maximum absolute atomic E-state index is 5.32. The minimum atomic E-state index is 0.587. The van der Waals surface area contributed by atoms with E-state index in [0.717, 1.165) is 31.7 Å². The molecule has 0 fully saturated rings. The molecule has 2 rings (SSSR count). The van der Waals surface area contributed by atoms with Crippen LogP contribution in [-0.4, -0.2) is 25.2 Å². The first-order chi connectivity index (χ1) is 10.3. The second-order valence-corrected chi connectivity index (χ2v) is 6.27. The quantitative estimate of drug-likeness (QED) is 0.719. The molecule has 0 aliphatic rings. The van der Waals surface area contributed by atoms with Gasteiger partial charge in [-0.25, -0.2) is 0 Å². The van der Waals surface area contributed by atoms with E-state index in [4.69, 9.17) is 4.74 Å². The highest BCUT2D eigenvalue weighted by molar-refractivity contribution is 7.09. The molecule has 1 aromatic heterocycles. The molecule has 21 heavy (non-hydrogen) atoms. The minimum absolute atomic E-state index is 0.587. The zero-order chi connectivity index (χ0) is 14.9. The molecule has 1 unspecified atom stereocenters. The van der Waals surface area contributed by atoms with Crippen molar-refractivity contribution in [2.24, 2.45) is 5.92 Å². The lowest BCUT2D eigenvalue weighted by atomic mass is 9.95. The Morgan fingerprint density at radius 2 is 2.24 bits per heavy atom. The van der Waals surface area contributed by atoms with E-state index in [9.17, 15) is 0 Å². The topological polar surface area (TPSA) is 34.1 Å². The van der Waals surface area contributed by atoms with Gasteiger partial charge in [-0.1, -0.05) is 19.1 Å². The van der Waals surface area contributed by atoms with Crippen molar-refractivity contribution >= 4 is 11.3 Å². The van der Waals surface area contributed by atoms with Crippen molar-refractivity contribution in [3.63, 3.8) is 0 Å². The SMILES string of the molecule is CCCNCC(Cc1cccc(OC)c1)Cc1cncs1. The van der Waals surface area contributed by atoms with E-state index in [-0.39, 0.29) is 0 Å². The van der Waals surface area contributed by atoms with Crippen LogP contribution in [0.5, 0.6) is 5.75 Å². The molecule has 0 bridgehead atoms. The average molecular weight is 304 g/mol. The number of aromatic nitrogens is 1. The highest BCUT2D eigenvalue weighted by atomic mass is 32.1. The summed E-state index contributed by atoms with van der Waals surface area (Å²) in [4.78, 5) is 5.55. The second-order valence-electron chi connectivity index (χ2n) is 5.30. The van der Waals surface area contributed by atoms with Gasteiger partial charge in [0.15, 0.2) is 0 Å². The number of methoxy groups -OCH3 is 1. The summed E-state index contributed by atoms with van der Waals surface area (Å²) in [5.41, 5.74) is 3.25. The van der Waals surface area contributed by atoms with Gasteiger partial charge in [-0.05, 0) is 56.0 Å². The molecule has 0 saturated carbocycles. The highest BCUT2D eigenvalue weighted by Gasteiger charge is 2.12. The van der Waals surface area contributed by atoms with E-state index >= 15 is 0 Å². The maximum atomic E-state index is 5.32. The van der Waals surface area contributed by atoms with E-state index in [1.807, 2.05) is 17.8 Å². The summed E-state index contributed by atoms with van der Waals surface area (Å²) in [6.07, 6.45) is 5.31. The van der Waals surface area contributed by atoms with Gasteiger partial charge in [0.25, 0.3) is 0 Å². The Morgan fingerprint density at radius 1 is 1.33 bits per heavy atom. The van der Waals surface area contributed by atoms with Crippen LogP contribution in [0.2, 0.25) is 0 Å². The molecule has 0 spiro atoms. The van der Waals surface area contributed by atoms with E-state index in [1.165, 1.54) is 16.9 Å². The fourth-order valence-corrected chi connectivity index (χ4v) is 3.17. The predicted molar refractivity (Wildman–Crippen MR) is 89.2 cm³/mol. The van der Waals surface area contributed by atoms with Crippen molar-refractivity contribution in [1.82, 2.24) is 10.3 Å². The summed E-state index contributed by atoms with van der Waals surface area (Å²) < 4.78 is 5.32. The van der Waals surface area contributed by atoms with Crippen LogP contribution in [0.1, 0.15) is 23.8 Å². The standard InChI is InChI=1S/C17H24N2OS/c1-3-7-18-11-15(10-17-12-19-13-21-17)8-14-5-4-6-16(9-14)20-2/h4-6,9,12-13,15,18H,3,7-8,10-11H2,1-2H3. The van der Waals surface area contributed by atoms with Crippen LogP contribution in [0.25, 0.3) is 0 Å². The molecule has 0 radical (unpaired) electrons. The lowest BCUT2D eigenvalue weighted by Gasteiger charge is -2.17. The van der Waals surface area contributed by atoms with Gasteiger partial charge in [0.1, 0.15) is 5.75 Å². The summed E-state index contributed by atoms with van der Waals surface area (Å²) in [7, 11) is 1.72. The van der Waals surface area contributed by atoms with Crippen molar-refractivity contribution in [1.29, 1.82) is 0 Å². The van der Waals surface area contributed by atoms with Crippen LogP contribution in [0, 0.1) is 5.92 Å². The van der Waals surface area contributed by atoms with E-state index in [2.05, 4.69) is 35.4 Å². The smallest absolute Gasteiger partial charge is 0.119 e. The molecule has 0 aliphatic heterocycles. The van der Waals surface area contributed by atoms with E-state index in [0.29, 0.717) is 5.92 Å². The Labute approximate surface area is 131 Å². The second kappa shape index (κ2) is 8.80. The fraction of sp³-hybridized carbons (Fsp3) is 0.471. The Balaban J connectivity index is 1.99. The van der Waals surface area contributed by atoms with Crippen molar-refractivity contribution in [2.75, 3.05) is 20.2 Å². The summed E-state index contributed by atoms with van der Waals surface area (Å²) in [6.45, 7) is 4.33. The molecule has 3 nitrogen and oxygen atoms in total. The molecule has 0 amide bonds. The predicted octanol–water partition coefficient (Wildman–Crippen LogP) is 3.55. The van der Waals surface area contributed by atoms with Gasteiger partial charge in [-0.15, -0.1) is 11.3 Å². The van der Waals surface area contributed by atoms with E-state index in [1.54, 1.807) is 18.4 Å². The molecule has 114 valence electrons. The average Bonchev–Trinajstić information content (AvgIpc) is 3.00. The molecule has 0 aliphatic carbocycles. The molecule has 2 aromatic rings. The Hall–Kier alpha value is -1.39. The van der Waals surface area contributed by atoms with Crippen LogP contribution in [-0.2, 0) is 12.8 Å². The van der Waals surface area contributed by atoms with Crippen molar-refractivity contribution in [3.8, 4) is 5.75 Å². The lowest BCUT2D eigenvalue weighted by Crippen LogP contribution is -2.26. The minimum Gasteiger partial charge on any atom is -0.497 e. The van der Waals surface area contributed by atoms with Crippen LogP contribution in [0.15, 0.2) is 36.0 Å². The van der Waals surface area contributed by atoms with Crippen molar-refractivity contribution in [2.45, 2.75) is 26.2 Å². The molecule has 1 aromatic carbocycles. The normalized spacial score (nSPS) is 12.3. The molecule has 0 saturated heterocycles. The molecule has 1 heterocycles. The highest BCUT2D eigenvalue weighted by Crippen LogP contribution is 2.19. The van der Waals surface area contributed by atoms with Gasteiger partial charge in [-0.2, -0.15) is 0 Å². The summed E-state index contributed by atoms with van der Waals surface area (Å²) in [5, 5.41) is 3.55. The third-order valence-electron chi connectivity index (χ3n) is 3.49. The van der Waals surface area contributed by atoms with Crippen LogP contribution in [0.4, 0.5) is 0 Å². The van der Waals surface area contributed by atoms with Gasteiger partial charge >= 0.3 is 0 Å². The number of hydrogen-bond acceptors (Lipinski definition) is 4. The third kappa shape index (κ3) is 5.48. The van der Waals surface area contributed by atoms with Crippen molar-refractivity contribution < 1.29 is 4.74 Å². The van der Waals surface area contributed by atoms with Crippen LogP contribution < -0.4 is 10.1 Å². The molecule has 1 N–H and O–H groups in total. The molecule has 1 atom stereocenters. The van der Waals surface area contributed by atoms with Crippen LogP contribution in [0.3, 0.4) is 0 Å². The summed E-state index contributed by atoms with van der Waals surface area (Å²) >= 11 is 1.75. The third-order valence-corrected chi connectivity index (χ3v) is 4.29. The molecule has 4 heteroatoms. The fourth-order valence-electron chi connectivity index (χ4n) is 2.46. The number of thiazole rings is 1. The molecular formula is C17H24N2OS. The van der Waals surface area contributed by atoms with E-state index < -0.39 is 0 Å². The Bertz CT molecular complexity index is 513. The summed E-state index contributed by atoms with van der Waals surface area (Å²) in [6, 6.07) is 8.38. The summed E-state index contributed by atoms with van der Waals surface area (Å²) in [5.74, 6) is 1.52. The molecular weight excluding hydrogens is 280 g/mol. The first-order valence-corrected chi connectivity index (χ1v) is 8.40. The number of ether oxygens (including phenoxy) is 1. The van der Waals surface area contributed by atoms with Crippen LogP contribution >= 0.6 is 11.3 Å². The number of hydrogen-bond donors (Lipinski definition) is 1. The van der Waals surface area contributed by atoms with Gasteiger partial charge < -0.3 is 10.1 Å². The van der Waals surface area contributed by atoms with Gasteiger partial charge in [0.2, 0.25) is 0 Å². The van der Waals surface area contributed by atoms with Crippen molar-refractivity contribution in [3.05, 3.63) is 46.4 Å². The number of rotatable bonds is 9. The van der Waals surface area contributed by atoms with Gasteiger partial charge in [0.05, 0.1) is 12.6 Å². The first kappa shape index (κ1) is 16.0. The zero-order valence-electron chi connectivity index (χ0n) is 12.8. The zero-order valence-corrected chi connectivity index (χ0v) is 13.7. The number of benzene rings is 1. The monoisotopic (exact) mass is 304 g/mol. The maximum Gasteiger partial charge on any atom is 0.119 e. The first-order valence-electron chi connectivity index (χ1n) is 7.52. The van der Waals surface area contributed by atoms with Gasteiger partial charge in [-0.3, -0.25) is 4.98 Å². The largest absolute Gasteiger partial charge is 0.497 e.